The van der Waals surface area contributed by atoms with E-state index in [9.17, 15) is 0 Å². The van der Waals surface area contributed by atoms with Gasteiger partial charge >= 0.3 is 0 Å². The summed E-state index contributed by atoms with van der Waals surface area (Å²) in [6.45, 7) is 4.79. The number of rotatable bonds is 3. The van der Waals surface area contributed by atoms with Gasteiger partial charge < -0.3 is 4.57 Å². The maximum Gasteiger partial charge on any atom is 0.131 e. The Morgan fingerprint density at radius 3 is 1.44 bits per heavy atom. The summed E-state index contributed by atoms with van der Waals surface area (Å²) >= 11 is 0. The SMILES string of the molecule is C=C1c2c(c3ccccc3n2-c2ccccc2)-c2c(n(-c3ccccc3)c3ccccc23)N1c1ccccc1. The largest absolute Gasteiger partial charge is 0.307 e. The molecule has 0 radical (unpaired) electrons. The minimum Gasteiger partial charge on any atom is -0.307 e. The average molecular weight is 500 g/mol. The zero-order chi connectivity index (χ0) is 25.9. The maximum atomic E-state index is 4.79. The normalized spacial score (nSPS) is 12.6. The van der Waals surface area contributed by atoms with Crippen LogP contribution in [0.2, 0.25) is 0 Å². The van der Waals surface area contributed by atoms with Crippen molar-refractivity contribution in [3.05, 3.63) is 152 Å². The predicted octanol–water partition coefficient (Wildman–Crippen LogP) is 9.36. The minimum atomic E-state index is 0.948. The predicted molar refractivity (Wildman–Crippen MR) is 163 cm³/mol. The molecule has 0 bridgehead atoms. The second kappa shape index (κ2) is 8.37. The summed E-state index contributed by atoms with van der Waals surface area (Å²) in [6, 6.07) is 49.3. The standard InChI is InChI=1S/C36H25N3/c1-25-35-33(29-21-11-13-23-31(29)38(35)27-17-7-3-8-18-27)34-30-22-12-14-24-32(30)39(28-19-9-4-10-20-28)36(34)37(25)26-15-5-2-6-16-26/h2-24H,1H2. The summed E-state index contributed by atoms with van der Waals surface area (Å²) in [7, 11) is 0. The Hall–Kier alpha value is -5.28. The third kappa shape index (κ3) is 3.04. The highest BCUT2D eigenvalue weighted by Crippen LogP contribution is 2.55. The van der Waals surface area contributed by atoms with E-state index in [0.717, 1.165) is 34.3 Å². The van der Waals surface area contributed by atoms with Crippen LogP contribution in [0.15, 0.2) is 146 Å². The third-order valence-electron chi connectivity index (χ3n) is 7.77. The van der Waals surface area contributed by atoms with E-state index >= 15 is 0 Å². The molecule has 1 aliphatic rings. The molecule has 3 nitrogen and oxygen atoms in total. The molecular formula is C36H25N3. The van der Waals surface area contributed by atoms with Crippen LogP contribution in [-0.2, 0) is 0 Å². The number of hydrogen-bond acceptors (Lipinski definition) is 1. The van der Waals surface area contributed by atoms with E-state index in [1.165, 1.54) is 32.9 Å². The Labute approximate surface area is 227 Å². The molecule has 7 aromatic rings. The van der Waals surface area contributed by atoms with Crippen LogP contribution < -0.4 is 4.90 Å². The number of hydrogen-bond donors (Lipinski definition) is 0. The van der Waals surface area contributed by atoms with E-state index in [1.54, 1.807) is 0 Å². The highest BCUT2D eigenvalue weighted by Gasteiger charge is 2.37. The Balaban J connectivity index is 1.61. The van der Waals surface area contributed by atoms with E-state index in [4.69, 9.17) is 6.58 Å². The molecule has 1 aliphatic heterocycles. The van der Waals surface area contributed by atoms with E-state index in [0.29, 0.717) is 0 Å². The highest BCUT2D eigenvalue weighted by atomic mass is 15.3. The fraction of sp³-hybridized carbons (Fsp3) is 0. The highest BCUT2D eigenvalue weighted by molar-refractivity contribution is 6.19. The van der Waals surface area contributed by atoms with Crippen LogP contribution in [0.1, 0.15) is 5.69 Å². The number of para-hydroxylation sites is 5. The molecule has 5 aromatic carbocycles. The van der Waals surface area contributed by atoms with Crippen LogP contribution in [0.5, 0.6) is 0 Å². The van der Waals surface area contributed by atoms with Gasteiger partial charge in [-0.05, 0) is 48.5 Å². The molecule has 3 heterocycles. The van der Waals surface area contributed by atoms with Crippen LogP contribution >= 0.6 is 0 Å². The van der Waals surface area contributed by atoms with Crippen molar-refractivity contribution in [2.24, 2.45) is 0 Å². The van der Waals surface area contributed by atoms with Crippen LogP contribution in [0.25, 0.3) is 50.0 Å². The zero-order valence-corrected chi connectivity index (χ0v) is 21.3. The molecule has 39 heavy (non-hydrogen) atoms. The molecule has 0 unspecified atom stereocenters. The molecule has 0 aliphatic carbocycles. The molecule has 0 fully saturated rings. The molecule has 2 aromatic heterocycles. The summed E-state index contributed by atoms with van der Waals surface area (Å²) in [6.07, 6.45) is 0. The van der Waals surface area contributed by atoms with Crippen molar-refractivity contribution in [1.29, 1.82) is 0 Å². The van der Waals surface area contributed by atoms with Crippen molar-refractivity contribution in [3.8, 4) is 22.5 Å². The van der Waals surface area contributed by atoms with Gasteiger partial charge in [0.1, 0.15) is 5.82 Å². The van der Waals surface area contributed by atoms with Crippen molar-refractivity contribution in [2.45, 2.75) is 0 Å². The fourth-order valence-corrected chi connectivity index (χ4v) is 6.22. The lowest BCUT2D eigenvalue weighted by Gasteiger charge is -2.34. The van der Waals surface area contributed by atoms with Gasteiger partial charge in [-0.15, -0.1) is 0 Å². The minimum absolute atomic E-state index is 0.948. The lowest BCUT2D eigenvalue weighted by Crippen LogP contribution is -2.23. The number of nitrogens with zero attached hydrogens (tertiary/aromatic N) is 3. The van der Waals surface area contributed by atoms with Crippen LogP contribution in [0.3, 0.4) is 0 Å². The van der Waals surface area contributed by atoms with Crippen molar-refractivity contribution < 1.29 is 0 Å². The molecule has 0 atom stereocenters. The first-order chi connectivity index (χ1) is 19.3. The average Bonchev–Trinajstić information content (AvgIpc) is 3.52. The molecule has 0 N–H and O–H groups in total. The van der Waals surface area contributed by atoms with Crippen molar-refractivity contribution in [2.75, 3.05) is 4.90 Å². The van der Waals surface area contributed by atoms with Gasteiger partial charge in [0.2, 0.25) is 0 Å². The van der Waals surface area contributed by atoms with Crippen LogP contribution in [-0.4, -0.2) is 9.13 Å². The van der Waals surface area contributed by atoms with Gasteiger partial charge in [-0.3, -0.25) is 9.47 Å². The Bertz CT molecular complexity index is 2010. The van der Waals surface area contributed by atoms with Gasteiger partial charge in [-0.25, -0.2) is 0 Å². The monoisotopic (exact) mass is 499 g/mol. The van der Waals surface area contributed by atoms with Gasteiger partial charge in [0, 0.05) is 39.0 Å². The fourth-order valence-electron chi connectivity index (χ4n) is 6.22. The second-order valence-corrected chi connectivity index (χ2v) is 9.92. The molecule has 3 heteroatoms. The van der Waals surface area contributed by atoms with Gasteiger partial charge in [0.05, 0.1) is 22.4 Å². The first kappa shape index (κ1) is 21.8. The topological polar surface area (TPSA) is 13.1 Å². The molecule has 8 rings (SSSR count). The van der Waals surface area contributed by atoms with Crippen LogP contribution in [0, 0.1) is 0 Å². The number of aromatic nitrogens is 2. The molecule has 0 saturated carbocycles. The molecule has 0 amide bonds. The quantitative estimate of drug-likeness (QED) is 0.236. The Morgan fingerprint density at radius 2 is 0.846 bits per heavy atom. The van der Waals surface area contributed by atoms with E-state index < -0.39 is 0 Å². The summed E-state index contributed by atoms with van der Waals surface area (Å²) < 4.78 is 4.76. The lowest BCUT2D eigenvalue weighted by molar-refractivity contribution is 1.04. The summed E-state index contributed by atoms with van der Waals surface area (Å²) in [5.74, 6) is 1.11. The van der Waals surface area contributed by atoms with E-state index in [2.05, 4.69) is 154 Å². The van der Waals surface area contributed by atoms with Gasteiger partial charge in [0.25, 0.3) is 0 Å². The summed E-state index contributed by atoms with van der Waals surface area (Å²) in [5, 5.41) is 2.45. The van der Waals surface area contributed by atoms with Gasteiger partial charge in [0.15, 0.2) is 0 Å². The Morgan fingerprint density at radius 1 is 0.410 bits per heavy atom. The van der Waals surface area contributed by atoms with Gasteiger partial charge in [-0.2, -0.15) is 0 Å². The molecule has 184 valence electrons. The maximum absolute atomic E-state index is 4.79. The number of anilines is 2. The van der Waals surface area contributed by atoms with Crippen molar-refractivity contribution in [1.82, 2.24) is 9.13 Å². The Kier molecular flexibility index (Phi) is 4.67. The lowest BCUT2D eigenvalue weighted by atomic mass is 9.95. The first-order valence-corrected chi connectivity index (χ1v) is 13.3. The third-order valence-corrected chi connectivity index (χ3v) is 7.77. The van der Waals surface area contributed by atoms with Crippen molar-refractivity contribution in [3.63, 3.8) is 0 Å². The summed E-state index contributed by atoms with van der Waals surface area (Å²) in [5.41, 5.74) is 10.2. The van der Waals surface area contributed by atoms with Gasteiger partial charge in [-0.1, -0.05) is 97.6 Å². The van der Waals surface area contributed by atoms with E-state index in [-0.39, 0.29) is 0 Å². The van der Waals surface area contributed by atoms with E-state index in [1.807, 2.05) is 0 Å². The number of benzene rings is 5. The second-order valence-electron chi connectivity index (χ2n) is 9.92. The first-order valence-electron chi connectivity index (χ1n) is 13.3. The van der Waals surface area contributed by atoms with Crippen LogP contribution in [0.4, 0.5) is 11.5 Å². The molecule has 0 saturated heterocycles. The number of fused-ring (bicyclic) bond motifs is 7. The smallest absolute Gasteiger partial charge is 0.131 e. The van der Waals surface area contributed by atoms with Crippen molar-refractivity contribution >= 4 is 39.0 Å². The summed E-state index contributed by atoms with van der Waals surface area (Å²) in [4.78, 5) is 2.34. The molecule has 0 spiro atoms. The molecular weight excluding hydrogens is 474 g/mol. The zero-order valence-electron chi connectivity index (χ0n) is 21.3.